The van der Waals surface area contributed by atoms with Crippen LogP contribution in [0.4, 0.5) is 9.52 Å². The van der Waals surface area contributed by atoms with Crippen molar-refractivity contribution in [3.05, 3.63) is 101 Å². The molecule has 1 atom stereocenters. The molecule has 1 fully saturated rings. The van der Waals surface area contributed by atoms with E-state index < -0.39 is 17.7 Å². The molecule has 4 aromatic rings. The molecular weight excluding hydrogens is 577 g/mol. The molecule has 42 heavy (non-hydrogen) atoms. The highest BCUT2D eigenvalue weighted by Gasteiger charge is 2.48. The Balaban J connectivity index is 1.52. The first kappa shape index (κ1) is 29.3. The van der Waals surface area contributed by atoms with Gasteiger partial charge in [-0.1, -0.05) is 60.4 Å². The third kappa shape index (κ3) is 6.17. The van der Waals surface area contributed by atoms with Crippen LogP contribution in [0.3, 0.4) is 0 Å². The third-order valence-electron chi connectivity index (χ3n) is 6.46. The number of aromatic nitrogens is 2. The lowest BCUT2D eigenvalue weighted by Gasteiger charge is -2.22. The number of Topliss-reactive ketones (excluding diaryl/α,β-unsaturated/α-hetero) is 1. The summed E-state index contributed by atoms with van der Waals surface area (Å²) in [6, 6.07) is 19.2. The van der Waals surface area contributed by atoms with E-state index in [1.165, 1.54) is 22.7 Å². The van der Waals surface area contributed by atoms with Crippen LogP contribution in [0, 0.1) is 5.82 Å². The van der Waals surface area contributed by atoms with E-state index in [-0.39, 0.29) is 22.3 Å². The molecular formula is C31H28FN3O5S2. The van der Waals surface area contributed by atoms with Gasteiger partial charge in [-0.15, -0.1) is 10.2 Å². The third-order valence-corrected chi connectivity index (χ3v) is 8.57. The fourth-order valence-electron chi connectivity index (χ4n) is 4.46. The van der Waals surface area contributed by atoms with Crippen molar-refractivity contribution in [1.29, 1.82) is 0 Å². The highest BCUT2D eigenvalue weighted by Crippen LogP contribution is 2.44. The van der Waals surface area contributed by atoms with E-state index in [0.717, 1.165) is 17.8 Å². The van der Waals surface area contributed by atoms with Crippen LogP contribution in [-0.4, -0.2) is 40.2 Å². The minimum Gasteiger partial charge on any atom is -0.507 e. The van der Waals surface area contributed by atoms with E-state index in [1.807, 2.05) is 13.8 Å². The molecule has 1 N–H and O–H groups in total. The van der Waals surface area contributed by atoms with Gasteiger partial charge >= 0.3 is 5.91 Å². The Hall–Kier alpha value is -4.22. The van der Waals surface area contributed by atoms with Gasteiger partial charge in [0.2, 0.25) is 5.13 Å². The second-order valence-corrected chi connectivity index (χ2v) is 11.5. The minimum absolute atomic E-state index is 0.0675. The van der Waals surface area contributed by atoms with Gasteiger partial charge in [-0.2, -0.15) is 0 Å². The summed E-state index contributed by atoms with van der Waals surface area (Å²) < 4.78 is 25.8. The van der Waals surface area contributed by atoms with E-state index in [1.54, 1.807) is 66.7 Å². The van der Waals surface area contributed by atoms with Gasteiger partial charge in [0.15, 0.2) is 4.34 Å². The van der Waals surface area contributed by atoms with E-state index in [2.05, 4.69) is 10.2 Å². The molecule has 0 spiro atoms. The number of hydrogen-bond acceptors (Lipinski definition) is 9. The Morgan fingerprint density at radius 3 is 2.36 bits per heavy atom. The Kier molecular flexibility index (Phi) is 9.19. The molecule has 3 aromatic carbocycles. The number of hydrogen-bond donors (Lipinski definition) is 1. The number of ether oxygens (including phenoxy) is 2. The molecule has 0 aliphatic carbocycles. The molecule has 1 unspecified atom stereocenters. The number of aliphatic hydroxyl groups is 1. The lowest BCUT2D eigenvalue weighted by molar-refractivity contribution is -0.132. The summed E-state index contributed by atoms with van der Waals surface area (Å²) in [7, 11) is 0. The Morgan fingerprint density at radius 2 is 1.67 bits per heavy atom. The first-order valence-corrected chi connectivity index (χ1v) is 15.2. The smallest absolute Gasteiger partial charge is 0.301 e. The zero-order valence-corrected chi connectivity index (χ0v) is 24.6. The fourth-order valence-corrected chi connectivity index (χ4v) is 6.31. The molecule has 1 saturated heterocycles. The van der Waals surface area contributed by atoms with Crippen LogP contribution in [0.1, 0.15) is 43.0 Å². The lowest BCUT2D eigenvalue weighted by Crippen LogP contribution is -2.29. The van der Waals surface area contributed by atoms with Crippen molar-refractivity contribution in [2.45, 2.75) is 36.4 Å². The summed E-state index contributed by atoms with van der Waals surface area (Å²) in [5.41, 5.74) is 1.40. The van der Waals surface area contributed by atoms with Crippen LogP contribution in [0.25, 0.3) is 5.76 Å². The number of thioether (sulfide) groups is 1. The predicted octanol–water partition coefficient (Wildman–Crippen LogP) is 6.78. The van der Waals surface area contributed by atoms with Gasteiger partial charge in [0.05, 0.1) is 24.8 Å². The first-order chi connectivity index (χ1) is 20.4. The minimum atomic E-state index is -0.964. The average molecular weight is 606 g/mol. The Morgan fingerprint density at radius 1 is 0.976 bits per heavy atom. The predicted molar refractivity (Wildman–Crippen MR) is 160 cm³/mol. The fraction of sp³-hybridized carbons (Fsp3) is 0.226. The zero-order chi connectivity index (χ0) is 29.6. The summed E-state index contributed by atoms with van der Waals surface area (Å²) in [5.74, 6) is -0.723. The normalized spacial score (nSPS) is 16.2. The van der Waals surface area contributed by atoms with Crippen LogP contribution in [0.15, 0.2) is 82.7 Å². The molecule has 5 rings (SSSR count). The number of carbonyl (C=O) groups excluding carboxylic acids is 2. The number of anilines is 1. The number of benzene rings is 3. The lowest BCUT2D eigenvalue weighted by atomic mass is 9.95. The van der Waals surface area contributed by atoms with Crippen molar-refractivity contribution in [2.24, 2.45) is 0 Å². The quantitative estimate of drug-likeness (QED) is 0.0656. The summed E-state index contributed by atoms with van der Waals surface area (Å²) in [6.07, 6.45) is 0.846. The van der Waals surface area contributed by atoms with Gasteiger partial charge in [0.1, 0.15) is 23.1 Å². The molecule has 8 nitrogen and oxygen atoms in total. The maximum absolute atomic E-state index is 14.1. The zero-order valence-electron chi connectivity index (χ0n) is 23.0. The van der Waals surface area contributed by atoms with Gasteiger partial charge in [-0.3, -0.25) is 14.5 Å². The van der Waals surface area contributed by atoms with E-state index >= 15 is 0 Å². The standard InChI is InChI=1S/C31H28FN3O5S2/c1-3-17-40-23-13-9-19(10-14-23)26-25(27(36)20-11-15-22(16-12-20)39-4-2)28(37)29(38)35(26)30-33-34-31(42-30)41-18-21-7-5-6-8-24(21)32/h5-16,26,36H,3-4,17-18H2,1-2H3/b27-25-. The monoisotopic (exact) mass is 605 g/mol. The molecule has 1 aliphatic heterocycles. The SMILES string of the molecule is CCCOc1ccc(C2/C(=C(/O)c3ccc(OCC)cc3)C(=O)C(=O)N2c2nnc(SCc3ccccc3F)s2)cc1. The highest BCUT2D eigenvalue weighted by atomic mass is 32.2. The maximum atomic E-state index is 14.1. The largest absolute Gasteiger partial charge is 0.507 e. The summed E-state index contributed by atoms with van der Waals surface area (Å²) in [6.45, 7) is 4.91. The van der Waals surface area contributed by atoms with Gasteiger partial charge in [0.25, 0.3) is 5.78 Å². The van der Waals surface area contributed by atoms with E-state index in [0.29, 0.717) is 51.5 Å². The number of halogens is 1. The van der Waals surface area contributed by atoms with Crippen LogP contribution in [0.2, 0.25) is 0 Å². The van der Waals surface area contributed by atoms with Crippen LogP contribution in [-0.2, 0) is 15.3 Å². The van der Waals surface area contributed by atoms with Crippen molar-refractivity contribution < 1.29 is 28.6 Å². The Labute approximate surface area is 250 Å². The van der Waals surface area contributed by atoms with Gasteiger partial charge in [-0.25, -0.2) is 4.39 Å². The molecule has 1 aliphatic rings. The molecule has 1 amide bonds. The van der Waals surface area contributed by atoms with Crippen molar-refractivity contribution in [1.82, 2.24) is 10.2 Å². The Bertz CT molecular complexity index is 1610. The van der Waals surface area contributed by atoms with Crippen molar-refractivity contribution in [2.75, 3.05) is 18.1 Å². The van der Waals surface area contributed by atoms with Crippen LogP contribution in [0.5, 0.6) is 11.5 Å². The van der Waals surface area contributed by atoms with Crippen molar-refractivity contribution in [3.63, 3.8) is 0 Å². The first-order valence-electron chi connectivity index (χ1n) is 13.4. The van der Waals surface area contributed by atoms with E-state index in [4.69, 9.17) is 9.47 Å². The summed E-state index contributed by atoms with van der Waals surface area (Å²) in [4.78, 5) is 28.2. The van der Waals surface area contributed by atoms with E-state index in [9.17, 15) is 19.1 Å². The molecule has 0 saturated carbocycles. The molecule has 0 radical (unpaired) electrons. The second-order valence-electron chi connectivity index (χ2n) is 9.27. The van der Waals surface area contributed by atoms with Gasteiger partial charge in [-0.05, 0) is 66.9 Å². The van der Waals surface area contributed by atoms with Gasteiger partial charge in [0, 0.05) is 11.3 Å². The highest BCUT2D eigenvalue weighted by molar-refractivity contribution is 8.00. The summed E-state index contributed by atoms with van der Waals surface area (Å²) >= 11 is 2.39. The number of rotatable bonds is 11. The molecule has 2 heterocycles. The van der Waals surface area contributed by atoms with Gasteiger partial charge < -0.3 is 14.6 Å². The summed E-state index contributed by atoms with van der Waals surface area (Å²) in [5, 5.41) is 20.0. The van der Waals surface area contributed by atoms with Crippen molar-refractivity contribution in [3.8, 4) is 11.5 Å². The molecule has 11 heteroatoms. The topological polar surface area (TPSA) is 102 Å². The number of aliphatic hydroxyl groups excluding tert-OH is 1. The van der Waals surface area contributed by atoms with Crippen LogP contribution >= 0.6 is 23.1 Å². The number of nitrogens with zero attached hydrogens (tertiary/aromatic N) is 3. The average Bonchev–Trinajstić information content (AvgIpc) is 3.58. The van der Waals surface area contributed by atoms with Crippen LogP contribution < -0.4 is 14.4 Å². The number of carbonyl (C=O) groups is 2. The second kappa shape index (κ2) is 13.2. The number of amides is 1. The molecule has 1 aromatic heterocycles. The molecule has 216 valence electrons. The van der Waals surface area contributed by atoms with Crippen molar-refractivity contribution >= 4 is 45.7 Å². The molecule has 0 bridgehead atoms. The maximum Gasteiger partial charge on any atom is 0.301 e. The number of ketones is 1.